The molecule has 0 bridgehead atoms. The van der Waals surface area contributed by atoms with Gasteiger partial charge in [0.25, 0.3) is 5.91 Å². The number of unbranched alkanes of at least 4 members (excludes halogenated alkanes) is 2. The number of carbonyl (C=O) groups excluding carboxylic acids is 1. The number of hydrogen-bond donors (Lipinski definition) is 0. The molecule has 2 heterocycles. The minimum atomic E-state index is -0.521. The van der Waals surface area contributed by atoms with Crippen molar-refractivity contribution in [2.75, 3.05) is 26.9 Å². The maximum absolute atomic E-state index is 13.3. The first kappa shape index (κ1) is 21.1. The van der Waals surface area contributed by atoms with Gasteiger partial charge >= 0.3 is 0 Å². The Kier molecular flexibility index (Phi) is 6.37. The van der Waals surface area contributed by atoms with E-state index in [0.717, 1.165) is 30.6 Å². The number of methoxy groups -OCH3 is 1. The van der Waals surface area contributed by atoms with E-state index in [9.17, 15) is 9.59 Å². The number of amides is 1. The van der Waals surface area contributed by atoms with Crippen molar-refractivity contribution in [1.82, 2.24) is 4.90 Å². The van der Waals surface area contributed by atoms with Crippen LogP contribution in [0.3, 0.4) is 0 Å². The maximum Gasteiger partial charge on any atom is 0.290 e. The van der Waals surface area contributed by atoms with E-state index < -0.39 is 6.04 Å². The number of ether oxygens (including phenoxy) is 2. The Labute approximate surface area is 181 Å². The largest absolute Gasteiger partial charge is 0.494 e. The van der Waals surface area contributed by atoms with Gasteiger partial charge in [-0.05, 0) is 36.2 Å². The van der Waals surface area contributed by atoms with Crippen LogP contribution in [0.1, 0.15) is 53.9 Å². The van der Waals surface area contributed by atoms with Gasteiger partial charge in [-0.2, -0.15) is 0 Å². The lowest BCUT2D eigenvalue weighted by atomic mass is 9.98. The van der Waals surface area contributed by atoms with E-state index >= 15 is 0 Å². The molecule has 0 aliphatic carbocycles. The van der Waals surface area contributed by atoms with E-state index in [1.807, 2.05) is 24.3 Å². The lowest BCUT2D eigenvalue weighted by Gasteiger charge is -2.25. The van der Waals surface area contributed by atoms with Crippen LogP contribution in [0.15, 0.2) is 57.7 Å². The second-order valence-corrected chi connectivity index (χ2v) is 7.69. The van der Waals surface area contributed by atoms with Crippen LogP contribution in [0.5, 0.6) is 5.75 Å². The molecule has 31 heavy (non-hydrogen) atoms. The minimum absolute atomic E-state index is 0.115. The monoisotopic (exact) mass is 421 g/mol. The Hall–Kier alpha value is -3.12. The third-order valence-corrected chi connectivity index (χ3v) is 5.62. The van der Waals surface area contributed by atoms with Crippen LogP contribution in [0.2, 0.25) is 0 Å². The van der Waals surface area contributed by atoms with Gasteiger partial charge in [-0.25, -0.2) is 0 Å². The molecule has 0 saturated heterocycles. The van der Waals surface area contributed by atoms with E-state index in [0.29, 0.717) is 36.3 Å². The molecule has 2 aromatic carbocycles. The van der Waals surface area contributed by atoms with Crippen molar-refractivity contribution >= 4 is 16.9 Å². The highest BCUT2D eigenvalue weighted by atomic mass is 16.5. The van der Waals surface area contributed by atoms with Crippen LogP contribution in [-0.4, -0.2) is 37.7 Å². The van der Waals surface area contributed by atoms with Gasteiger partial charge in [0.1, 0.15) is 11.3 Å². The van der Waals surface area contributed by atoms with Crippen LogP contribution in [0.4, 0.5) is 0 Å². The van der Waals surface area contributed by atoms with Gasteiger partial charge in [-0.3, -0.25) is 9.59 Å². The molecule has 6 nitrogen and oxygen atoms in total. The van der Waals surface area contributed by atoms with Crippen molar-refractivity contribution in [3.8, 4) is 5.75 Å². The zero-order valence-corrected chi connectivity index (χ0v) is 17.9. The van der Waals surface area contributed by atoms with E-state index in [-0.39, 0.29) is 17.1 Å². The highest BCUT2D eigenvalue weighted by Crippen LogP contribution is 2.38. The Balaban J connectivity index is 1.72. The summed E-state index contributed by atoms with van der Waals surface area (Å²) in [6.07, 6.45) is 3.30. The second-order valence-electron chi connectivity index (χ2n) is 7.69. The van der Waals surface area contributed by atoms with Crippen molar-refractivity contribution < 1.29 is 18.7 Å². The molecule has 0 fully saturated rings. The predicted molar refractivity (Wildman–Crippen MR) is 119 cm³/mol. The molecule has 3 aromatic rings. The molecule has 4 rings (SSSR count). The molecular formula is C25H27NO5. The van der Waals surface area contributed by atoms with Crippen molar-refractivity contribution in [3.63, 3.8) is 0 Å². The number of nitrogens with zero attached hydrogens (tertiary/aromatic N) is 1. The fourth-order valence-electron chi connectivity index (χ4n) is 4.02. The number of hydrogen-bond acceptors (Lipinski definition) is 5. The van der Waals surface area contributed by atoms with E-state index in [1.165, 1.54) is 0 Å². The number of para-hydroxylation sites is 1. The molecule has 0 radical (unpaired) electrons. The molecule has 6 heteroatoms. The van der Waals surface area contributed by atoms with E-state index in [2.05, 4.69) is 6.92 Å². The summed E-state index contributed by atoms with van der Waals surface area (Å²) in [6.45, 7) is 3.55. The molecule has 162 valence electrons. The van der Waals surface area contributed by atoms with Crippen molar-refractivity contribution in [2.45, 2.75) is 32.2 Å². The summed E-state index contributed by atoms with van der Waals surface area (Å²) in [5.41, 5.74) is 1.47. The predicted octanol–water partition coefficient (Wildman–Crippen LogP) is 4.55. The summed E-state index contributed by atoms with van der Waals surface area (Å²) in [5, 5.41) is 0.475. The average Bonchev–Trinajstić information content (AvgIpc) is 3.08. The quantitative estimate of drug-likeness (QED) is 0.474. The Morgan fingerprint density at radius 2 is 1.77 bits per heavy atom. The van der Waals surface area contributed by atoms with Crippen molar-refractivity contribution in [3.05, 3.63) is 75.6 Å². The molecule has 1 aliphatic rings. The zero-order chi connectivity index (χ0) is 21.8. The molecule has 1 amide bonds. The topological polar surface area (TPSA) is 69.0 Å². The van der Waals surface area contributed by atoms with Crippen molar-refractivity contribution in [2.24, 2.45) is 0 Å². The second kappa shape index (κ2) is 9.35. The third kappa shape index (κ3) is 4.08. The van der Waals surface area contributed by atoms with Crippen LogP contribution in [-0.2, 0) is 4.74 Å². The summed E-state index contributed by atoms with van der Waals surface area (Å²) < 4.78 is 16.9. The van der Waals surface area contributed by atoms with Gasteiger partial charge in [-0.15, -0.1) is 0 Å². The normalized spacial score (nSPS) is 15.5. The average molecular weight is 421 g/mol. The molecule has 1 aromatic heterocycles. The summed E-state index contributed by atoms with van der Waals surface area (Å²) >= 11 is 0. The first-order chi connectivity index (χ1) is 15.2. The van der Waals surface area contributed by atoms with Gasteiger partial charge in [0.2, 0.25) is 5.76 Å². The molecule has 1 aliphatic heterocycles. The molecule has 0 saturated carbocycles. The van der Waals surface area contributed by atoms with Crippen molar-refractivity contribution in [1.29, 1.82) is 0 Å². The van der Waals surface area contributed by atoms with Crippen LogP contribution in [0, 0.1) is 0 Å². The highest BCUT2D eigenvalue weighted by molar-refractivity contribution is 5.99. The highest BCUT2D eigenvalue weighted by Gasteiger charge is 2.42. The van der Waals surface area contributed by atoms with Gasteiger partial charge < -0.3 is 18.8 Å². The smallest absolute Gasteiger partial charge is 0.290 e. The molecule has 0 spiro atoms. The van der Waals surface area contributed by atoms with E-state index in [4.69, 9.17) is 13.9 Å². The fourth-order valence-corrected chi connectivity index (χ4v) is 4.02. The van der Waals surface area contributed by atoms with Crippen LogP contribution >= 0.6 is 0 Å². The number of fused-ring (bicyclic) bond motifs is 2. The Morgan fingerprint density at radius 1 is 1.00 bits per heavy atom. The summed E-state index contributed by atoms with van der Waals surface area (Å²) in [4.78, 5) is 28.2. The fraction of sp³-hybridized carbons (Fsp3) is 0.360. The standard InChI is InChI=1S/C25H27NO5/c1-3-4-7-15-30-18-12-10-17(11-13-18)22-21-23(27)19-8-5-6-9-20(19)31-24(21)25(28)26(22)14-16-29-2/h5-6,8-13,22H,3-4,7,14-16H2,1-2H3. The minimum Gasteiger partial charge on any atom is -0.494 e. The van der Waals surface area contributed by atoms with Crippen LogP contribution in [0.25, 0.3) is 11.0 Å². The first-order valence-electron chi connectivity index (χ1n) is 10.7. The van der Waals surface area contributed by atoms with Crippen LogP contribution < -0.4 is 10.2 Å². The maximum atomic E-state index is 13.3. The van der Waals surface area contributed by atoms with Gasteiger partial charge in [-0.1, -0.05) is 44.0 Å². The van der Waals surface area contributed by atoms with Gasteiger partial charge in [0.05, 0.1) is 30.2 Å². The summed E-state index contributed by atoms with van der Waals surface area (Å²) in [7, 11) is 1.59. The lowest BCUT2D eigenvalue weighted by Crippen LogP contribution is -2.32. The molecule has 1 unspecified atom stereocenters. The summed E-state index contributed by atoms with van der Waals surface area (Å²) in [6, 6.07) is 14.1. The number of carbonyl (C=O) groups is 1. The Morgan fingerprint density at radius 3 is 2.52 bits per heavy atom. The van der Waals surface area contributed by atoms with Gasteiger partial charge in [0, 0.05) is 13.7 Å². The Bertz CT molecular complexity index is 1120. The third-order valence-electron chi connectivity index (χ3n) is 5.62. The lowest BCUT2D eigenvalue weighted by molar-refractivity contribution is 0.0663. The molecule has 1 atom stereocenters. The van der Waals surface area contributed by atoms with E-state index in [1.54, 1.807) is 36.3 Å². The SMILES string of the molecule is CCCCCOc1ccc(C2c3c(oc4ccccc4c3=O)C(=O)N2CCOC)cc1. The zero-order valence-electron chi connectivity index (χ0n) is 17.9. The number of benzene rings is 2. The summed E-state index contributed by atoms with van der Waals surface area (Å²) in [5.74, 6) is 0.600. The van der Waals surface area contributed by atoms with Gasteiger partial charge in [0.15, 0.2) is 5.43 Å². The molecule has 0 N–H and O–H groups in total. The first-order valence-corrected chi connectivity index (χ1v) is 10.7. The number of rotatable bonds is 9. The molecular weight excluding hydrogens is 394 g/mol.